The van der Waals surface area contributed by atoms with Crippen molar-refractivity contribution in [3.05, 3.63) is 74.0 Å². The maximum atomic E-state index is 12.4. The second-order valence-corrected chi connectivity index (χ2v) is 6.79. The van der Waals surface area contributed by atoms with Gasteiger partial charge in [0, 0.05) is 18.8 Å². The van der Waals surface area contributed by atoms with E-state index in [0.29, 0.717) is 32.5 Å². The van der Waals surface area contributed by atoms with E-state index in [-0.39, 0.29) is 11.8 Å². The van der Waals surface area contributed by atoms with Gasteiger partial charge in [0.1, 0.15) is 0 Å². The molecule has 0 saturated carbocycles. The van der Waals surface area contributed by atoms with E-state index in [1.165, 1.54) is 13.1 Å². The van der Waals surface area contributed by atoms with E-state index >= 15 is 0 Å². The quantitative estimate of drug-likeness (QED) is 0.568. The van der Waals surface area contributed by atoms with E-state index in [0.717, 1.165) is 4.68 Å². The summed E-state index contributed by atoms with van der Waals surface area (Å²) in [6.07, 6.45) is 2.89. The zero-order valence-corrected chi connectivity index (χ0v) is 17.0. The number of anilines is 4. The summed E-state index contributed by atoms with van der Waals surface area (Å²) in [7, 11) is 1.48. The first-order valence-electron chi connectivity index (χ1n) is 8.46. The Morgan fingerprint density at radius 3 is 2.37 bits per heavy atom. The SMILES string of the molecule is Cn1nc(Nc2c(Cl)cc(/C=C/C#N)cc2Cl)nc(Nc2ccc(C#N)cc2)c1=O. The van der Waals surface area contributed by atoms with Crippen LogP contribution in [0, 0.1) is 22.7 Å². The number of nitrogens with zero attached hydrogens (tertiary/aromatic N) is 5. The van der Waals surface area contributed by atoms with Crippen LogP contribution in [-0.2, 0) is 7.05 Å². The molecule has 0 bridgehead atoms. The first-order chi connectivity index (χ1) is 14.4. The molecule has 2 aromatic carbocycles. The van der Waals surface area contributed by atoms with E-state index in [1.807, 2.05) is 12.1 Å². The smallest absolute Gasteiger partial charge is 0.309 e. The second-order valence-electron chi connectivity index (χ2n) is 5.97. The normalized spacial score (nSPS) is 10.4. The van der Waals surface area contributed by atoms with E-state index < -0.39 is 5.56 Å². The molecule has 2 N–H and O–H groups in total. The highest BCUT2D eigenvalue weighted by Crippen LogP contribution is 2.34. The molecule has 0 unspecified atom stereocenters. The Morgan fingerprint density at radius 2 is 1.77 bits per heavy atom. The summed E-state index contributed by atoms with van der Waals surface area (Å²) in [5.41, 5.74) is 1.65. The number of aromatic nitrogens is 3. The highest BCUT2D eigenvalue weighted by Gasteiger charge is 2.13. The summed E-state index contributed by atoms with van der Waals surface area (Å²) >= 11 is 12.6. The number of allylic oxidation sites excluding steroid dienone is 1. The molecule has 0 saturated heterocycles. The second kappa shape index (κ2) is 9.10. The van der Waals surface area contributed by atoms with Crippen molar-refractivity contribution < 1.29 is 0 Å². The van der Waals surface area contributed by atoms with Crippen LogP contribution in [0.1, 0.15) is 11.1 Å². The molecule has 148 valence electrons. The lowest BCUT2D eigenvalue weighted by atomic mass is 10.2. The fourth-order valence-electron chi connectivity index (χ4n) is 2.47. The standard InChI is InChI=1S/C20H13Cl2N7O/c1-29-19(30)18(25-14-6-4-12(11-24)5-7-14)27-20(28-29)26-17-15(21)9-13(3-2-8-23)10-16(17)22/h2-7,9-10H,1H3,(H2,25,26,27,28)/b3-2+. The number of rotatable bonds is 5. The summed E-state index contributed by atoms with van der Waals surface area (Å²) in [5, 5.41) is 28.0. The van der Waals surface area contributed by atoms with E-state index in [2.05, 4.69) is 20.7 Å². The molecule has 10 heteroatoms. The minimum Gasteiger partial charge on any atom is -0.335 e. The monoisotopic (exact) mass is 437 g/mol. The van der Waals surface area contributed by atoms with Gasteiger partial charge in [-0.1, -0.05) is 23.2 Å². The number of halogens is 2. The van der Waals surface area contributed by atoms with Crippen LogP contribution in [0.3, 0.4) is 0 Å². The summed E-state index contributed by atoms with van der Waals surface area (Å²) in [6, 6.07) is 13.7. The Bertz CT molecular complexity index is 1250. The highest BCUT2D eigenvalue weighted by molar-refractivity contribution is 6.39. The van der Waals surface area contributed by atoms with Gasteiger partial charge >= 0.3 is 5.56 Å². The van der Waals surface area contributed by atoms with Crippen molar-refractivity contribution in [1.29, 1.82) is 10.5 Å². The molecule has 8 nitrogen and oxygen atoms in total. The minimum absolute atomic E-state index is 0.0283. The number of nitrogens with one attached hydrogen (secondary N) is 2. The first kappa shape index (κ1) is 20.9. The fraction of sp³-hybridized carbons (Fsp3) is 0.0500. The molecule has 0 aliphatic carbocycles. The molecule has 30 heavy (non-hydrogen) atoms. The Kier molecular flexibility index (Phi) is 6.33. The average molecular weight is 438 g/mol. The lowest BCUT2D eigenvalue weighted by molar-refractivity contribution is 0.699. The van der Waals surface area contributed by atoms with Crippen molar-refractivity contribution in [3.8, 4) is 12.1 Å². The highest BCUT2D eigenvalue weighted by atomic mass is 35.5. The van der Waals surface area contributed by atoms with Gasteiger partial charge in [-0.15, -0.1) is 5.10 Å². The van der Waals surface area contributed by atoms with Crippen molar-refractivity contribution in [3.63, 3.8) is 0 Å². The molecule has 1 heterocycles. The predicted molar refractivity (Wildman–Crippen MR) is 116 cm³/mol. The molecule has 0 atom stereocenters. The van der Waals surface area contributed by atoms with Gasteiger partial charge in [-0.25, -0.2) is 4.68 Å². The lowest BCUT2D eigenvalue weighted by Gasteiger charge is -2.12. The third kappa shape index (κ3) is 4.76. The van der Waals surface area contributed by atoms with Crippen LogP contribution < -0.4 is 16.2 Å². The molecular weight excluding hydrogens is 425 g/mol. The topological polar surface area (TPSA) is 119 Å². The Hall–Kier alpha value is -3.85. The van der Waals surface area contributed by atoms with Crippen molar-refractivity contribution >= 4 is 52.4 Å². The Labute approximate surface area is 181 Å². The third-order valence-corrected chi connectivity index (χ3v) is 4.48. The molecule has 0 amide bonds. The number of hydrogen-bond donors (Lipinski definition) is 2. The minimum atomic E-state index is -0.445. The van der Waals surface area contributed by atoms with Crippen LogP contribution in [-0.4, -0.2) is 14.8 Å². The molecule has 3 aromatic rings. The van der Waals surface area contributed by atoms with Crippen molar-refractivity contribution in [2.45, 2.75) is 0 Å². The Morgan fingerprint density at radius 1 is 1.10 bits per heavy atom. The number of nitriles is 2. The van der Waals surface area contributed by atoms with Gasteiger partial charge in [0.25, 0.3) is 0 Å². The van der Waals surface area contributed by atoms with Gasteiger partial charge in [0.05, 0.1) is 33.4 Å². The van der Waals surface area contributed by atoms with Crippen LogP contribution >= 0.6 is 23.2 Å². The van der Waals surface area contributed by atoms with E-state index in [1.54, 1.807) is 42.5 Å². The van der Waals surface area contributed by atoms with Gasteiger partial charge in [-0.2, -0.15) is 15.5 Å². The number of hydrogen-bond acceptors (Lipinski definition) is 7. The third-order valence-electron chi connectivity index (χ3n) is 3.89. The van der Waals surface area contributed by atoms with E-state index in [4.69, 9.17) is 33.7 Å². The Balaban J connectivity index is 1.92. The molecule has 0 radical (unpaired) electrons. The summed E-state index contributed by atoms with van der Waals surface area (Å²) in [4.78, 5) is 16.6. The zero-order valence-electron chi connectivity index (χ0n) is 15.5. The van der Waals surface area contributed by atoms with Gasteiger partial charge in [-0.3, -0.25) is 4.79 Å². The van der Waals surface area contributed by atoms with Crippen LogP contribution in [0.15, 0.2) is 47.3 Å². The molecule has 1 aromatic heterocycles. The average Bonchev–Trinajstić information content (AvgIpc) is 2.73. The maximum Gasteiger partial charge on any atom is 0.309 e. The molecule has 3 rings (SSSR count). The lowest BCUT2D eigenvalue weighted by Crippen LogP contribution is -2.25. The van der Waals surface area contributed by atoms with Crippen LogP contribution in [0.25, 0.3) is 6.08 Å². The summed E-state index contributed by atoms with van der Waals surface area (Å²) < 4.78 is 1.12. The fourth-order valence-corrected chi connectivity index (χ4v) is 3.07. The number of aryl methyl sites for hydroxylation is 1. The van der Waals surface area contributed by atoms with Gasteiger partial charge in [0.15, 0.2) is 0 Å². The zero-order chi connectivity index (χ0) is 21.7. The summed E-state index contributed by atoms with van der Waals surface area (Å²) in [6.45, 7) is 0. The maximum absolute atomic E-state index is 12.4. The van der Waals surface area contributed by atoms with Gasteiger partial charge < -0.3 is 10.6 Å². The predicted octanol–water partition coefficient (Wildman–Crippen LogP) is 4.38. The van der Waals surface area contributed by atoms with Crippen molar-refractivity contribution in [1.82, 2.24) is 14.8 Å². The van der Waals surface area contributed by atoms with Gasteiger partial charge in [-0.05, 0) is 48.0 Å². The largest absolute Gasteiger partial charge is 0.335 e. The molecule has 0 aliphatic rings. The molecule has 0 spiro atoms. The van der Waals surface area contributed by atoms with Crippen molar-refractivity contribution in [2.24, 2.45) is 7.05 Å². The number of benzene rings is 2. The molecule has 0 aliphatic heterocycles. The van der Waals surface area contributed by atoms with Crippen LogP contribution in [0.4, 0.5) is 23.1 Å². The van der Waals surface area contributed by atoms with E-state index in [9.17, 15) is 4.79 Å². The molecule has 0 fully saturated rings. The van der Waals surface area contributed by atoms with Crippen LogP contribution in [0.2, 0.25) is 10.0 Å². The van der Waals surface area contributed by atoms with Gasteiger partial charge in [0.2, 0.25) is 11.8 Å². The first-order valence-corrected chi connectivity index (χ1v) is 9.21. The molecular formula is C20H13Cl2N7O. The summed E-state index contributed by atoms with van der Waals surface area (Å²) in [5.74, 6) is 0.123. The van der Waals surface area contributed by atoms with Crippen molar-refractivity contribution in [2.75, 3.05) is 10.6 Å². The van der Waals surface area contributed by atoms with Crippen LogP contribution in [0.5, 0.6) is 0 Å².